The Morgan fingerprint density at radius 1 is 1.13 bits per heavy atom. The highest BCUT2D eigenvalue weighted by Gasteiger charge is 2.18. The molecule has 164 valence electrons. The van der Waals surface area contributed by atoms with Crippen molar-refractivity contribution in [1.29, 1.82) is 0 Å². The highest BCUT2D eigenvalue weighted by atomic mass is 35.5. The summed E-state index contributed by atoms with van der Waals surface area (Å²) in [6, 6.07) is 9.87. The number of nitrogens with one attached hydrogen (secondary N) is 1. The van der Waals surface area contributed by atoms with Gasteiger partial charge in [-0.1, -0.05) is 11.6 Å². The number of rotatable bonds is 6. The van der Waals surface area contributed by atoms with Gasteiger partial charge in [-0.3, -0.25) is 4.79 Å². The van der Waals surface area contributed by atoms with Gasteiger partial charge in [0.25, 0.3) is 0 Å². The Morgan fingerprint density at radius 2 is 1.97 bits per heavy atom. The van der Waals surface area contributed by atoms with Crippen molar-refractivity contribution in [3.63, 3.8) is 0 Å². The standard InChI is InChI=1S/C24H29ClN4O2/c1-16-14-19(31-12-4-8-29-11-10-28(3)9-7-22(29)30)5-6-20(16)24-26-21-15-18(25)13-17(2)23(21)27-24/h5-6,13-15H,4,7-12H2,1-3H3,(H,26,27). The van der Waals surface area contributed by atoms with Crippen LogP contribution in [0.5, 0.6) is 5.75 Å². The number of aromatic nitrogens is 2. The fourth-order valence-corrected chi connectivity index (χ4v) is 4.29. The molecule has 1 aliphatic heterocycles. The Kier molecular flexibility index (Phi) is 6.49. The summed E-state index contributed by atoms with van der Waals surface area (Å²) in [5.41, 5.74) is 5.06. The number of likely N-dealkylation sites (N-methyl/N-ethyl adjacent to an activating group) is 1. The van der Waals surface area contributed by atoms with Crippen LogP contribution in [0.2, 0.25) is 5.02 Å². The van der Waals surface area contributed by atoms with Crippen LogP contribution in [-0.2, 0) is 4.79 Å². The number of aromatic amines is 1. The van der Waals surface area contributed by atoms with Crippen LogP contribution >= 0.6 is 11.6 Å². The number of nitrogens with zero attached hydrogens (tertiary/aromatic N) is 3. The molecule has 1 amide bonds. The molecule has 1 N–H and O–H groups in total. The van der Waals surface area contributed by atoms with Crippen molar-refractivity contribution >= 4 is 28.5 Å². The molecule has 1 saturated heterocycles. The molecule has 7 heteroatoms. The molecule has 1 aliphatic rings. The van der Waals surface area contributed by atoms with Gasteiger partial charge in [-0.2, -0.15) is 0 Å². The summed E-state index contributed by atoms with van der Waals surface area (Å²) >= 11 is 6.18. The zero-order valence-electron chi connectivity index (χ0n) is 18.4. The monoisotopic (exact) mass is 440 g/mol. The molecule has 1 aromatic heterocycles. The summed E-state index contributed by atoms with van der Waals surface area (Å²) in [4.78, 5) is 24.5. The fourth-order valence-electron chi connectivity index (χ4n) is 4.02. The first-order chi connectivity index (χ1) is 14.9. The van der Waals surface area contributed by atoms with E-state index in [0.717, 1.165) is 71.9 Å². The number of amides is 1. The molecule has 2 aromatic carbocycles. The number of carbonyl (C=O) groups excluding carboxylic acids is 1. The lowest BCUT2D eigenvalue weighted by Crippen LogP contribution is -2.34. The van der Waals surface area contributed by atoms with Gasteiger partial charge in [0.1, 0.15) is 11.6 Å². The molecule has 4 rings (SSSR count). The Hall–Kier alpha value is -2.57. The Morgan fingerprint density at radius 3 is 2.77 bits per heavy atom. The third-order valence-corrected chi connectivity index (χ3v) is 6.07. The number of halogens is 1. The van der Waals surface area contributed by atoms with E-state index in [0.29, 0.717) is 18.1 Å². The van der Waals surface area contributed by atoms with E-state index < -0.39 is 0 Å². The van der Waals surface area contributed by atoms with Gasteiger partial charge < -0.3 is 19.5 Å². The predicted molar refractivity (Wildman–Crippen MR) is 125 cm³/mol. The normalized spacial score (nSPS) is 15.5. The largest absolute Gasteiger partial charge is 0.494 e. The number of hydrogen-bond acceptors (Lipinski definition) is 4. The maximum absolute atomic E-state index is 12.2. The Labute approximate surface area is 188 Å². The predicted octanol–water partition coefficient (Wildman–Crippen LogP) is 4.43. The first-order valence-corrected chi connectivity index (χ1v) is 11.1. The number of carbonyl (C=O) groups is 1. The third kappa shape index (κ3) is 5.02. The second-order valence-corrected chi connectivity index (χ2v) is 8.75. The topological polar surface area (TPSA) is 61.5 Å². The summed E-state index contributed by atoms with van der Waals surface area (Å²) in [6.07, 6.45) is 1.42. The molecule has 31 heavy (non-hydrogen) atoms. The van der Waals surface area contributed by atoms with Crippen molar-refractivity contribution in [2.45, 2.75) is 26.7 Å². The van der Waals surface area contributed by atoms with E-state index in [-0.39, 0.29) is 5.91 Å². The molecule has 0 bridgehead atoms. The van der Waals surface area contributed by atoms with Gasteiger partial charge in [0.05, 0.1) is 17.6 Å². The van der Waals surface area contributed by atoms with Gasteiger partial charge in [0.2, 0.25) is 5.91 Å². The molecule has 0 aliphatic carbocycles. The molecule has 0 saturated carbocycles. The maximum atomic E-state index is 12.2. The van der Waals surface area contributed by atoms with E-state index >= 15 is 0 Å². The van der Waals surface area contributed by atoms with Crippen LogP contribution in [0.4, 0.5) is 0 Å². The van der Waals surface area contributed by atoms with E-state index in [2.05, 4.69) is 23.9 Å². The van der Waals surface area contributed by atoms with Gasteiger partial charge in [0.15, 0.2) is 0 Å². The number of aryl methyl sites for hydroxylation is 2. The van der Waals surface area contributed by atoms with Crippen LogP contribution in [0.25, 0.3) is 22.4 Å². The van der Waals surface area contributed by atoms with Crippen LogP contribution in [0, 0.1) is 13.8 Å². The Balaban J connectivity index is 1.37. The molecule has 3 aromatic rings. The molecule has 2 heterocycles. The van der Waals surface area contributed by atoms with Gasteiger partial charge >= 0.3 is 0 Å². The van der Waals surface area contributed by atoms with Crippen molar-refractivity contribution in [1.82, 2.24) is 19.8 Å². The van der Waals surface area contributed by atoms with Crippen LogP contribution in [0.15, 0.2) is 30.3 Å². The summed E-state index contributed by atoms with van der Waals surface area (Å²) in [5, 5.41) is 0.703. The van der Waals surface area contributed by atoms with Crippen LogP contribution in [0.3, 0.4) is 0 Å². The summed E-state index contributed by atoms with van der Waals surface area (Å²) < 4.78 is 5.95. The highest BCUT2D eigenvalue weighted by Crippen LogP contribution is 2.29. The summed E-state index contributed by atoms with van der Waals surface area (Å²) in [6.45, 7) is 7.97. The van der Waals surface area contributed by atoms with Gasteiger partial charge in [-0.15, -0.1) is 0 Å². The maximum Gasteiger partial charge on any atom is 0.223 e. The highest BCUT2D eigenvalue weighted by molar-refractivity contribution is 6.31. The average molecular weight is 441 g/mol. The van der Waals surface area contributed by atoms with Crippen LogP contribution in [0.1, 0.15) is 24.0 Å². The zero-order chi connectivity index (χ0) is 22.0. The lowest BCUT2D eigenvalue weighted by Gasteiger charge is -2.20. The van der Waals surface area contributed by atoms with Crippen molar-refractivity contribution in [2.75, 3.05) is 39.8 Å². The van der Waals surface area contributed by atoms with Gasteiger partial charge in [0, 0.05) is 43.2 Å². The minimum atomic E-state index is 0.243. The van der Waals surface area contributed by atoms with Crippen LogP contribution in [-0.4, -0.2) is 65.5 Å². The van der Waals surface area contributed by atoms with E-state index in [9.17, 15) is 4.79 Å². The molecule has 0 radical (unpaired) electrons. The minimum Gasteiger partial charge on any atom is -0.494 e. The second kappa shape index (κ2) is 9.28. The molecule has 6 nitrogen and oxygen atoms in total. The smallest absolute Gasteiger partial charge is 0.223 e. The van der Waals surface area contributed by atoms with E-state index in [1.807, 2.05) is 42.2 Å². The van der Waals surface area contributed by atoms with Crippen LogP contribution < -0.4 is 4.74 Å². The third-order valence-electron chi connectivity index (χ3n) is 5.85. The lowest BCUT2D eigenvalue weighted by atomic mass is 10.1. The van der Waals surface area contributed by atoms with Crippen molar-refractivity contribution in [2.24, 2.45) is 0 Å². The summed E-state index contributed by atoms with van der Waals surface area (Å²) in [7, 11) is 2.06. The molecule has 0 spiro atoms. The van der Waals surface area contributed by atoms with Gasteiger partial charge in [-0.25, -0.2) is 4.98 Å². The average Bonchev–Trinajstić information content (AvgIpc) is 3.08. The minimum absolute atomic E-state index is 0.243. The number of fused-ring (bicyclic) bond motifs is 1. The van der Waals surface area contributed by atoms with Gasteiger partial charge in [-0.05, 0) is 68.8 Å². The number of imidazole rings is 1. The molecule has 0 unspecified atom stereocenters. The van der Waals surface area contributed by atoms with E-state index in [1.165, 1.54) is 0 Å². The number of hydrogen-bond donors (Lipinski definition) is 1. The van der Waals surface area contributed by atoms with E-state index in [1.54, 1.807) is 0 Å². The Bertz CT molecular complexity index is 1090. The van der Waals surface area contributed by atoms with E-state index in [4.69, 9.17) is 21.3 Å². The first kappa shape index (κ1) is 21.7. The number of benzene rings is 2. The number of H-pyrrole nitrogens is 1. The fraction of sp³-hybridized carbons (Fsp3) is 0.417. The molecular weight excluding hydrogens is 412 g/mol. The second-order valence-electron chi connectivity index (χ2n) is 8.32. The zero-order valence-corrected chi connectivity index (χ0v) is 19.1. The van der Waals surface area contributed by atoms with Crippen molar-refractivity contribution < 1.29 is 9.53 Å². The number of ether oxygens (including phenoxy) is 1. The van der Waals surface area contributed by atoms with Crippen molar-refractivity contribution in [3.8, 4) is 17.1 Å². The molecule has 1 fully saturated rings. The van der Waals surface area contributed by atoms with Crippen molar-refractivity contribution in [3.05, 3.63) is 46.5 Å². The molecular formula is C24H29ClN4O2. The quantitative estimate of drug-likeness (QED) is 0.576. The SMILES string of the molecule is Cc1cc(OCCCN2CCN(C)CCC2=O)ccc1-c1nc2c(C)cc(Cl)cc2[nH]1. The summed E-state index contributed by atoms with van der Waals surface area (Å²) in [5.74, 6) is 1.90. The molecule has 0 atom stereocenters. The first-order valence-electron chi connectivity index (χ1n) is 10.8. The lowest BCUT2D eigenvalue weighted by molar-refractivity contribution is -0.130.